The molecule has 2 aromatic carbocycles. The molecule has 1 aliphatic rings. The molecule has 0 aliphatic carbocycles. The molecule has 1 N–H and O–H groups in total. The van der Waals surface area contributed by atoms with Crippen molar-refractivity contribution in [1.82, 2.24) is 10.3 Å². The van der Waals surface area contributed by atoms with Crippen LogP contribution in [0.5, 0.6) is 11.5 Å². The van der Waals surface area contributed by atoms with Gasteiger partial charge in [0.2, 0.25) is 0 Å². The maximum absolute atomic E-state index is 12.0. The van der Waals surface area contributed by atoms with Crippen LogP contribution < -0.4 is 14.8 Å². The van der Waals surface area contributed by atoms with Crippen molar-refractivity contribution >= 4 is 34.6 Å². The van der Waals surface area contributed by atoms with Crippen LogP contribution in [0.3, 0.4) is 0 Å². The van der Waals surface area contributed by atoms with E-state index in [-0.39, 0.29) is 5.24 Å². The Kier molecular flexibility index (Phi) is 6.10. The first-order chi connectivity index (χ1) is 14.7. The quantitative estimate of drug-likeness (QED) is 0.597. The minimum Gasteiger partial charge on any atom is -0.497 e. The summed E-state index contributed by atoms with van der Waals surface area (Å²) in [5.41, 5.74) is 2.64. The number of amides is 1. The predicted molar refractivity (Wildman–Crippen MR) is 119 cm³/mol. The molecule has 0 saturated carbocycles. The van der Waals surface area contributed by atoms with E-state index in [0.29, 0.717) is 12.4 Å². The lowest BCUT2D eigenvalue weighted by molar-refractivity contribution is 0.265. The number of hydrogen-bond donors (Lipinski definition) is 1. The third kappa shape index (κ3) is 5.07. The van der Waals surface area contributed by atoms with E-state index in [9.17, 15) is 4.79 Å². The maximum Gasteiger partial charge on any atom is 0.289 e. The number of nitrogens with zero attached hydrogens (tertiary/aromatic N) is 2. The van der Waals surface area contributed by atoms with Crippen molar-refractivity contribution in [3.8, 4) is 11.5 Å². The monoisotopic (exact) mass is 417 g/mol. The van der Waals surface area contributed by atoms with E-state index >= 15 is 0 Å². The fourth-order valence-corrected chi connectivity index (χ4v) is 3.53. The second kappa shape index (κ2) is 9.28. The molecule has 0 radical (unpaired) electrons. The molecule has 30 heavy (non-hydrogen) atoms. The highest BCUT2D eigenvalue weighted by molar-refractivity contribution is 8.18. The number of ether oxygens (including phenoxy) is 2. The third-order valence-corrected chi connectivity index (χ3v) is 5.07. The van der Waals surface area contributed by atoms with E-state index in [1.54, 1.807) is 19.5 Å². The van der Waals surface area contributed by atoms with Gasteiger partial charge in [-0.15, -0.1) is 0 Å². The van der Waals surface area contributed by atoms with E-state index in [1.165, 1.54) is 0 Å². The van der Waals surface area contributed by atoms with Gasteiger partial charge in [-0.1, -0.05) is 18.2 Å². The summed E-state index contributed by atoms with van der Waals surface area (Å²) < 4.78 is 11.0. The zero-order chi connectivity index (χ0) is 20.8. The number of thioether (sulfide) groups is 1. The smallest absolute Gasteiger partial charge is 0.289 e. The average molecular weight is 417 g/mol. The zero-order valence-corrected chi connectivity index (χ0v) is 17.1. The summed E-state index contributed by atoms with van der Waals surface area (Å²) in [6, 6.07) is 18.9. The Hall–Kier alpha value is -3.58. The number of pyridine rings is 1. The molecule has 6 nitrogen and oxygen atoms in total. The van der Waals surface area contributed by atoms with Crippen molar-refractivity contribution < 1.29 is 14.3 Å². The van der Waals surface area contributed by atoms with Crippen LogP contribution in [0, 0.1) is 0 Å². The first kappa shape index (κ1) is 19.7. The number of carbonyl (C=O) groups is 1. The Morgan fingerprint density at radius 2 is 1.97 bits per heavy atom. The summed E-state index contributed by atoms with van der Waals surface area (Å²) in [6.45, 7) is 0.437. The molecule has 0 atom stereocenters. The number of rotatable bonds is 6. The zero-order valence-electron chi connectivity index (χ0n) is 16.2. The maximum atomic E-state index is 12.0. The molecule has 1 aliphatic heterocycles. The molecule has 1 aromatic heterocycles. The fourth-order valence-electron chi connectivity index (χ4n) is 2.79. The van der Waals surface area contributed by atoms with Gasteiger partial charge >= 0.3 is 0 Å². The van der Waals surface area contributed by atoms with Crippen molar-refractivity contribution in [3.63, 3.8) is 0 Å². The molecule has 0 bridgehead atoms. The van der Waals surface area contributed by atoms with Crippen LogP contribution >= 0.6 is 11.8 Å². The third-order valence-electron chi connectivity index (χ3n) is 4.25. The summed E-state index contributed by atoms with van der Waals surface area (Å²) >= 11 is 1.12. The lowest BCUT2D eigenvalue weighted by atomic mass is 10.2. The van der Waals surface area contributed by atoms with Gasteiger partial charge in [0.25, 0.3) is 5.24 Å². The second-order valence-electron chi connectivity index (χ2n) is 6.40. The number of aromatic nitrogens is 1. The Labute approximate surface area is 178 Å². The van der Waals surface area contributed by atoms with Crippen LogP contribution in [0.4, 0.5) is 10.5 Å². The summed E-state index contributed by atoms with van der Waals surface area (Å²) in [5, 5.41) is 2.64. The van der Waals surface area contributed by atoms with E-state index in [4.69, 9.17) is 9.47 Å². The first-order valence-electron chi connectivity index (χ1n) is 9.25. The van der Waals surface area contributed by atoms with Gasteiger partial charge in [-0.2, -0.15) is 0 Å². The largest absolute Gasteiger partial charge is 0.497 e. The van der Waals surface area contributed by atoms with Gasteiger partial charge in [0, 0.05) is 18.0 Å². The molecular weight excluding hydrogens is 398 g/mol. The van der Waals surface area contributed by atoms with Gasteiger partial charge < -0.3 is 14.8 Å². The molecule has 1 amide bonds. The molecule has 1 fully saturated rings. The van der Waals surface area contributed by atoms with Gasteiger partial charge in [0.15, 0.2) is 0 Å². The van der Waals surface area contributed by atoms with Crippen LogP contribution in [0.1, 0.15) is 11.1 Å². The van der Waals surface area contributed by atoms with E-state index in [1.807, 2.05) is 66.7 Å². The van der Waals surface area contributed by atoms with Crippen molar-refractivity contribution in [2.75, 3.05) is 7.11 Å². The summed E-state index contributed by atoms with van der Waals surface area (Å²) in [5.74, 6) is 2.02. The van der Waals surface area contributed by atoms with E-state index in [2.05, 4.69) is 15.3 Å². The highest BCUT2D eigenvalue weighted by atomic mass is 32.2. The Morgan fingerprint density at radius 3 is 2.73 bits per heavy atom. The molecule has 1 saturated heterocycles. The SMILES string of the molecule is COc1ccc(N=C2NC(=O)S/C2=C\c2cccc(OCc3cccnc3)c2)cc1. The number of benzene rings is 2. The van der Waals surface area contributed by atoms with Crippen LogP contribution in [0.15, 0.2) is 83.0 Å². The minimum absolute atomic E-state index is 0.155. The molecule has 3 aromatic rings. The average Bonchev–Trinajstić information content (AvgIpc) is 3.12. The van der Waals surface area contributed by atoms with Crippen molar-refractivity contribution in [2.24, 2.45) is 4.99 Å². The first-order valence-corrected chi connectivity index (χ1v) is 10.1. The molecular formula is C23H19N3O3S. The van der Waals surface area contributed by atoms with Crippen LogP contribution in [-0.2, 0) is 6.61 Å². The van der Waals surface area contributed by atoms with Gasteiger partial charge in [0.05, 0.1) is 17.7 Å². The van der Waals surface area contributed by atoms with Crippen LogP contribution in [0.25, 0.3) is 6.08 Å². The number of carbonyl (C=O) groups excluding carboxylic acids is 1. The molecule has 4 rings (SSSR count). The molecule has 150 valence electrons. The fraction of sp³-hybridized carbons (Fsp3) is 0.0870. The molecule has 7 heteroatoms. The number of aliphatic imine (C=N–C) groups is 1. The number of methoxy groups -OCH3 is 1. The summed E-state index contributed by atoms with van der Waals surface area (Å²) in [6.07, 6.45) is 5.43. The Bertz CT molecular complexity index is 1100. The van der Waals surface area contributed by atoms with Crippen molar-refractivity contribution in [2.45, 2.75) is 6.61 Å². The highest BCUT2D eigenvalue weighted by Gasteiger charge is 2.23. The molecule has 0 spiro atoms. The number of hydrogen-bond acceptors (Lipinski definition) is 6. The lowest BCUT2D eigenvalue weighted by Crippen LogP contribution is -2.18. The highest BCUT2D eigenvalue weighted by Crippen LogP contribution is 2.29. The Morgan fingerprint density at radius 1 is 1.10 bits per heavy atom. The van der Waals surface area contributed by atoms with Gasteiger partial charge in [-0.05, 0) is 65.9 Å². The minimum atomic E-state index is -0.155. The second-order valence-corrected chi connectivity index (χ2v) is 7.42. The van der Waals surface area contributed by atoms with Gasteiger partial charge in [-0.25, -0.2) is 4.99 Å². The van der Waals surface area contributed by atoms with Gasteiger partial charge in [0.1, 0.15) is 23.9 Å². The summed E-state index contributed by atoms with van der Waals surface area (Å²) in [7, 11) is 1.62. The predicted octanol–water partition coefficient (Wildman–Crippen LogP) is 5.20. The van der Waals surface area contributed by atoms with Crippen molar-refractivity contribution in [3.05, 3.63) is 89.1 Å². The number of amidine groups is 1. The van der Waals surface area contributed by atoms with E-state index in [0.717, 1.165) is 45.0 Å². The topological polar surface area (TPSA) is 72.8 Å². The van der Waals surface area contributed by atoms with Gasteiger partial charge in [-0.3, -0.25) is 9.78 Å². The standard InChI is InChI=1S/C23H19N3O3S/c1-28-19-9-7-18(8-10-19)25-22-21(30-23(27)26-22)13-16-4-2-6-20(12-16)29-15-17-5-3-11-24-14-17/h2-14H,15H2,1H3,(H,25,26,27)/b21-13-. The lowest BCUT2D eigenvalue weighted by Gasteiger charge is -2.07. The molecule has 2 heterocycles. The normalized spacial score (nSPS) is 16.0. The Balaban J connectivity index is 1.53. The van der Waals surface area contributed by atoms with Crippen LogP contribution in [-0.4, -0.2) is 23.2 Å². The van der Waals surface area contributed by atoms with Crippen molar-refractivity contribution in [1.29, 1.82) is 0 Å². The van der Waals surface area contributed by atoms with E-state index < -0.39 is 0 Å². The summed E-state index contributed by atoms with van der Waals surface area (Å²) in [4.78, 5) is 21.4. The van der Waals surface area contributed by atoms with Crippen LogP contribution in [0.2, 0.25) is 0 Å². The molecule has 0 unspecified atom stereocenters. The number of nitrogens with one attached hydrogen (secondary N) is 1.